The average molecular weight is 275 g/mol. The van der Waals surface area contributed by atoms with E-state index in [1.165, 1.54) is 0 Å². The van der Waals surface area contributed by atoms with Gasteiger partial charge in [0.2, 0.25) is 0 Å². The van der Waals surface area contributed by atoms with Gasteiger partial charge in [-0.1, -0.05) is 0 Å². The molecule has 0 saturated carbocycles. The Hall–Kier alpha value is 0.230. The zero-order valence-electron chi connectivity index (χ0n) is 6.24. The van der Waals surface area contributed by atoms with Gasteiger partial charge < -0.3 is 5.32 Å². The van der Waals surface area contributed by atoms with Gasteiger partial charge in [-0.25, -0.2) is 0 Å². The van der Waals surface area contributed by atoms with Crippen LogP contribution in [-0.2, 0) is 0 Å². The van der Waals surface area contributed by atoms with Crippen molar-refractivity contribution in [2.75, 3.05) is 13.1 Å². The third-order valence-electron chi connectivity index (χ3n) is 1.70. The average Bonchev–Trinajstić information content (AvgIpc) is 2.10. The van der Waals surface area contributed by atoms with Gasteiger partial charge in [0, 0.05) is 19.3 Å². The van der Waals surface area contributed by atoms with E-state index in [4.69, 9.17) is 0 Å². The first kappa shape index (κ1) is 12.2. The number of hydrogen-bond donors (Lipinski definition) is 1. The quantitative estimate of drug-likeness (QED) is 0.844. The number of nitrogens with zero attached hydrogens (tertiary/aromatic N) is 2. The molecule has 0 aromatic carbocycles. The molecule has 0 radical (unpaired) electrons. The third-order valence-corrected chi connectivity index (χ3v) is 2.11. The summed E-state index contributed by atoms with van der Waals surface area (Å²) >= 11 is 3.35. The summed E-state index contributed by atoms with van der Waals surface area (Å²) in [6, 6.07) is 0.575. The summed E-state index contributed by atoms with van der Waals surface area (Å²) in [6.07, 6.45) is 3.82. The predicted octanol–water partition coefficient (Wildman–Crippen LogP) is 1.63. The van der Waals surface area contributed by atoms with Crippen LogP contribution in [0.5, 0.6) is 0 Å². The Kier molecular flexibility index (Phi) is 5.16. The summed E-state index contributed by atoms with van der Waals surface area (Å²) < 4.78 is 3.04. The van der Waals surface area contributed by atoms with Crippen LogP contribution in [0.4, 0.5) is 0 Å². The van der Waals surface area contributed by atoms with Crippen LogP contribution in [0.1, 0.15) is 6.04 Å². The maximum Gasteiger partial charge on any atom is 0.0768 e. The Bertz CT molecular complexity index is 236. The van der Waals surface area contributed by atoms with E-state index < -0.39 is 0 Å². The van der Waals surface area contributed by atoms with E-state index in [-0.39, 0.29) is 24.8 Å². The molecule has 0 aliphatic carbocycles. The molecular formula is C6H10BrCl2N3. The Morgan fingerprint density at radius 1 is 1.50 bits per heavy atom. The summed E-state index contributed by atoms with van der Waals surface area (Å²) in [6.45, 7) is 2.10. The highest BCUT2D eigenvalue weighted by Crippen LogP contribution is 2.14. The first-order valence-electron chi connectivity index (χ1n) is 3.26. The van der Waals surface area contributed by atoms with Gasteiger partial charge in [-0.15, -0.1) is 24.8 Å². The molecule has 1 fully saturated rings. The molecule has 2 rings (SSSR count). The number of rotatable bonds is 1. The molecule has 12 heavy (non-hydrogen) atoms. The highest BCUT2D eigenvalue weighted by molar-refractivity contribution is 9.10. The Balaban J connectivity index is 0.000000605. The fraction of sp³-hybridized carbons (Fsp3) is 0.500. The molecule has 1 aliphatic heterocycles. The van der Waals surface area contributed by atoms with E-state index in [2.05, 4.69) is 26.3 Å². The van der Waals surface area contributed by atoms with Crippen LogP contribution in [0.3, 0.4) is 0 Å². The lowest BCUT2D eigenvalue weighted by Crippen LogP contribution is -2.43. The van der Waals surface area contributed by atoms with Gasteiger partial charge in [0.25, 0.3) is 0 Å². The summed E-state index contributed by atoms with van der Waals surface area (Å²) in [5.74, 6) is 0. The van der Waals surface area contributed by atoms with Crippen molar-refractivity contribution < 1.29 is 0 Å². The van der Waals surface area contributed by atoms with Gasteiger partial charge >= 0.3 is 0 Å². The standard InChI is InChI=1S/C6H8BrN3.2ClH/c7-5-1-9-10(4-5)6-2-8-3-6;;/h1,4,6,8H,2-3H2;2*1H. The Morgan fingerprint density at radius 2 is 2.17 bits per heavy atom. The molecule has 3 nitrogen and oxygen atoms in total. The molecule has 1 aromatic heterocycles. The minimum absolute atomic E-state index is 0. The van der Waals surface area contributed by atoms with E-state index in [0.717, 1.165) is 17.6 Å². The van der Waals surface area contributed by atoms with E-state index >= 15 is 0 Å². The van der Waals surface area contributed by atoms with Crippen molar-refractivity contribution in [2.24, 2.45) is 0 Å². The number of halogens is 3. The lowest BCUT2D eigenvalue weighted by Gasteiger charge is -2.26. The zero-order chi connectivity index (χ0) is 6.97. The molecule has 1 aromatic rings. The van der Waals surface area contributed by atoms with Crippen LogP contribution in [0.25, 0.3) is 0 Å². The highest BCUT2D eigenvalue weighted by atomic mass is 79.9. The van der Waals surface area contributed by atoms with Gasteiger partial charge in [-0.3, -0.25) is 4.68 Å². The molecule has 0 bridgehead atoms. The van der Waals surface area contributed by atoms with Crippen molar-refractivity contribution in [3.05, 3.63) is 16.9 Å². The number of nitrogens with one attached hydrogen (secondary N) is 1. The van der Waals surface area contributed by atoms with Gasteiger partial charge in [0.15, 0.2) is 0 Å². The van der Waals surface area contributed by atoms with Crippen molar-refractivity contribution in [2.45, 2.75) is 6.04 Å². The topological polar surface area (TPSA) is 29.9 Å². The molecule has 0 amide bonds. The monoisotopic (exact) mass is 273 g/mol. The summed E-state index contributed by atoms with van der Waals surface area (Å²) in [4.78, 5) is 0. The van der Waals surface area contributed by atoms with Crippen molar-refractivity contribution >= 4 is 40.7 Å². The van der Waals surface area contributed by atoms with Crippen molar-refractivity contribution in [3.63, 3.8) is 0 Å². The molecule has 70 valence electrons. The zero-order valence-corrected chi connectivity index (χ0v) is 9.45. The normalized spacial score (nSPS) is 15.8. The van der Waals surface area contributed by atoms with E-state index in [1.54, 1.807) is 0 Å². The minimum Gasteiger partial charge on any atom is -0.312 e. The molecular weight excluding hydrogens is 265 g/mol. The first-order valence-corrected chi connectivity index (χ1v) is 4.06. The molecule has 1 saturated heterocycles. The maximum atomic E-state index is 4.17. The highest BCUT2D eigenvalue weighted by Gasteiger charge is 2.18. The summed E-state index contributed by atoms with van der Waals surface area (Å²) in [7, 11) is 0. The summed E-state index contributed by atoms with van der Waals surface area (Å²) in [5.41, 5.74) is 0. The molecule has 2 heterocycles. The van der Waals surface area contributed by atoms with Crippen molar-refractivity contribution in [3.8, 4) is 0 Å². The van der Waals surface area contributed by atoms with E-state index in [0.29, 0.717) is 6.04 Å². The lowest BCUT2D eigenvalue weighted by molar-refractivity contribution is 0.318. The fourth-order valence-corrected chi connectivity index (χ4v) is 1.28. The largest absolute Gasteiger partial charge is 0.312 e. The van der Waals surface area contributed by atoms with Crippen LogP contribution < -0.4 is 5.32 Å². The van der Waals surface area contributed by atoms with E-state index in [9.17, 15) is 0 Å². The van der Waals surface area contributed by atoms with Crippen LogP contribution in [0.2, 0.25) is 0 Å². The molecule has 1 aliphatic rings. The van der Waals surface area contributed by atoms with Crippen LogP contribution in [-0.4, -0.2) is 22.9 Å². The Morgan fingerprint density at radius 3 is 2.50 bits per heavy atom. The van der Waals surface area contributed by atoms with E-state index in [1.807, 2.05) is 17.1 Å². The fourth-order valence-electron chi connectivity index (χ4n) is 0.975. The lowest BCUT2D eigenvalue weighted by atomic mass is 10.2. The van der Waals surface area contributed by atoms with Crippen LogP contribution >= 0.6 is 40.7 Å². The van der Waals surface area contributed by atoms with Gasteiger partial charge in [-0.05, 0) is 15.9 Å². The molecule has 6 heteroatoms. The predicted molar refractivity (Wildman–Crippen MR) is 56.3 cm³/mol. The van der Waals surface area contributed by atoms with Gasteiger partial charge in [0.1, 0.15) is 0 Å². The van der Waals surface area contributed by atoms with Crippen LogP contribution in [0.15, 0.2) is 16.9 Å². The Labute approximate surface area is 91.9 Å². The third kappa shape index (κ3) is 2.36. The van der Waals surface area contributed by atoms with Gasteiger partial charge in [0.05, 0.1) is 16.7 Å². The number of hydrogen-bond acceptors (Lipinski definition) is 2. The van der Waals surface area contributed by atoms with Crippen molar-refractivity contribution in [1.29, 1.82) is 0 Å². The maximum absolute atomic E-state index is 4.17. The van der Waals surface area contributed by atoms with Crippen molar-refractivity contribution in [1.82, 2.24) is 15.1 Å². The second kappa shape index (κ2) is 5.07. The number of aromatic nitrogens is 2. The molecule has 0 atom stereocenters. The van der Waals surface area contributed by atoms with Gasteiger partial charge in [-0.2, -0.15) is 5.10 Å². The second-order valence-electron chi connectivity index (χ2n) is 2.45. The van der Waals surface area contributed by atoms with Crippen LogP contribution in [0, 0.1) is 0 Å². The SMILES string of the molecule is Brc1cnn(C2CNC2)c1.Cl.Cl. The second-order valence-corrected chi connectivity index (χ2v) is 3.37. The first-order chi connectivity index (χ1) is 4.86. The smallest absolute Gasteiger partial charge is 0.0768 e. The minimum atomic E-state index is 0. The molecule has 1 N–H and O–H groups in total. The molecule has 0 spiro atoms. The molecule has 0 unspecified atom stereocenters. The summed E-state index contributed by atoms with van der Waals surface area (Å²) in [5, 5.41) is 7.36.